The molecule has 1 aliphatic heterocycles. The Kier molecular flexibility index (Phi) is 5.81. The van der Waals surface area contributed by atoms with E-state index >= 15 is 0 Å². The summed E-state index contributed by atoms with van der Waals surface area (Å²) in [7, 11) is 1.81. The van der Waals surface area contributed by atoms with E-state index in [0.717, 1.165) is 12.8 Å². The van der Waals surface area contributed by atoms with E-state index in [1.54, 1.807) is 6.92 Å². The second-order valence-electron chi connectivity index (χ2n) is 6.56. The monoisotopic (exact) mass is 286 g/mol. The van der Waals surface area contributed by atoms with Gasteiger partial charge in [-0.1, -0.05) is 13.8 Å². The smallest absolute Gasteiger partial charge is 0.153 e. The Hall–Kier alpha value is -0.200. The van der Waals surface area contributed by atoms with Gasteiger partial charge in [-0.05, 0) is 44.4 Å². The van der Waals surface area contributed by atoms with E-state index in [1.807, 2.05) is 7.11 Å². The molecular weight excluding hydrogens is 256 g/mol. The largest absolute Gasteiger partial charge is 0.381 e. The molecule has 0 amide bonds. The average molecular weight is 286 g/mol. The average Bonchev–Trinajstić information content (AvgIpc) is 2.81. The quantitative estimate of drug-likeness (QED) is 0.670. The molecule has 2 fully saturated rings. The molecule has 4 atom stereocenters. The first-order chi connectivity index (χ1) is 9.52. The number of hydrazine groups is 1. The molecule has 4 unspecified atom stereocenters. The highest BCUT2D eigenvalue weighted by atomic mass is 16.6. The summed E-state index contributed by atoms with van der Waals surface area (Å²) < 4.78 is 11.1. The summed E-state index contributed by atoms with van der Waals surface area (Å²) in [6.45, 7) is 6.12. The number of nitrogens with one attached hydrogen (secondary N) is 2. The molecule has 1 saturated carbocycles. The molecule has 5 nitrogen and oxygen atoms in total. The standard InChI is InChI=1S/C15H30N2O3/c1-9(2)13-14(16-17-15(13)20-10(3)18)11-5-7-12(19-4)8-6-11/h9-18H,5-8H2,1-4H3. The lowest BCUT2D eigenvalue weighted by Gasteiger charge is -2.36. The van der Waals surface area contributed by atoms with Crippen LogP contribution < -0.4 is 10.9 Å². The molecule has 5 heteroatoms. The van der Waals surface area contributed by atoms with Crippen LogP contribution in [-0.4, -0.2) is 36.9 Å². The predicted molar refractivity (Wildman–Crippen MR) is 77.7 cm³/mol. The van der Waals surface area contributed by atoms with Crippen molar-refractivity contribution in [2.45, 2.75) is 71.1 Å². The molecule has 0 aromatic carbocycles. The van der Waals surface area contributed by atoms with Gasteiger partial charge in [0.05, 0.1) is 6.10 Å². The van der Waals surface area contributed by atoms with Crippen LogP contribution in [0.2, 0.25) is 0 Å². The van der Waals surface area contributed by atoms with E-state index in [2.05, 4.69) is 24.7 Å². The van der Waals surface area contributed by atoms with Crippen molar-refractivity contribution in [3.05, 3.63) is 0 Å². The summed E-state index contributed by atoms with van der Waals surface area (Å²) in [5.41, 5.74) is 6.65. The van der Waals surface area contributed by atoms with Crippen LogP contribution in [0.3, 0.4) is 0 Å². The van der Waals surface area contributed by atoms with Crippen LogP contribution in [0.25, 0.3) is 0 Å². The number of methoxy groups -OCH3 is 1. The van der Waals surface area contributed by atoms with Crippen LogP contribution in [0.1, 0.15) is 46.5 Å². The van der Waals surface area contributed by atoms with Crippen LogP contribution in [0.4, 0.5) is 0 Å². The molecule has 2 aliphatic rings. The molecule has 1 saturated heterocycles. The van der Waals surface area contributed by atoms with Crippen LogP contribution >= 0.6 is 0 Å². The highest BCUT2D eigenvalue weighted by Gasteiger charge is 2.43. The van der Waals surface area contributed by atoms with E-state index in [9.17, 15) is 5.11 Å². The molecule has 0 aromatic rings. The van der Waals surface area contributed by atoms with Gasteiger partial charge in [-0.25, -0.2) is 5.43 Å². The van der Waals surface area contributed by atoms with Crippen LogP contribution in [0.15, 0.2) is 0 Å². The Bertz CT molecular complexity index is 291. The number of aliphatic hydroxyl groups is 1. The maximum absolute atomic E-state index is 9.47. The van der Waals surface area contributed by atoms with Crippen molar-refractivity contribution in [3.63, 3.8) is 0 Å². The Morgan fingerprint density at radius 3 is 2.20 bits per heavy atom. The first-order valence-corrected chi connectivity index (χ1v) is 7.90. The predicted octanol–water partition coefficient (Wildman–Crippen LogP) is 1.62. The van der Waals surface area contributed by atoms with Gasteiger partial charge in [-0.15, -0.1) is 0 Å². The molecule has 0 spiro atoms. The van der Waals surface area contributed by atoms with E-state index in [-0.39, 0.29) is 6.23 Å². The molecule has 118 valence electrons. The molecule has 1 aliphatic carbocycles. The Morgan fingerprint density at radius 2 is 1.70 bits per heavy atom. The zero-order valence-electron chi connectivity index (χ0n) is 13.1. The third-order valence-electron chi connectivity index (χ3n) is 4.83. The second kappa shape index (κ2) is 7.18. The maximum atomic E-state index is 9.47. The minimum Gasteiger partial charge on any atom is -0.381 e. The zero-order chi connectivity index (χ0) is 14.7. The topological polar surface area (TPSA) is 62.8 Å². The molecule has 0 bridgehead atoms. The number of ether oxygens (including phenoxy) is 2. The lowest BCUT2D eigenvalue weighted by atomic mass is 9.75. The SMILES string of the molecule is COC1CCC(C2NNC(OC(C)O)C2C(C)C)CC1. The van der Waals surface area contributed by atoms with Crippen molar-refractivity contribution in [2.75, 3.05) is 7.11 Å². The summed E-state index contributed by atoms with van der Waals surface area (Å²) in [6, 6.07) is 0.413. The molecule has 0 radical (unpaired) electrons. The molecule has 2 rings (SSSR count). The van der Waals surface area contributed by atoms with Crippen LogP contribution in [0, 0.1) is 17.8 Å². The van der Waals surface area contributed by atoms with Crippen molar-refractivity contribution in [2.24, 2.45) is 17.8 Å². The Morgan fingerprint density at radius 1 is 1.05 bits per heavy atom. The van der Waals surface area contributed by atoms with E-state index in [0.29, 0.717) is 29.9 Å². The summed E-state index contributed by atoms with van der Waals surface area (Å²) in [6.07, 6.45) is 4.27. The highest BCUT2D eigenvalue weighted by Crippen LogP contribution is 2.36. The molecule has 20 heavy (non-hydrogen) atoms. The Labute approximate surface area is 122 Å². The summed E-state index contributed by atoms with van der Waals surface area (Å²) in [5.74, 6) is 1.55. The molecule has 0 aromatic heterocycles. The maximum Gasteiger partial charge on any atom is 0.153 e. The van der Waals surface area contributed by atoms with E-state index in [1.165, 1.54) is 12.8 Å². The van der Waals surface area contributed by atoms with Gasteiger partial charge in [-0.2, -0.15) is 0 Å². The van der Waals surface area contributed by atoms with Gasteiger partial charge in [-0.3, -0.25) is 5.43 Å². The van der Waals surface area contributed by atoms with Gasteiger partial charge in [0.2, 0.25) is 0 Å². The van der Waals surface area contributed by atoms with Gasteiger partial charge < -0.3 is 14.6 Å². The molecule has 1 heterocycles. The lowest BCUT2D eigenvalue weighted by Crippen LogP contribution is -2.41. The zero-order valence-corrected chi connectivity index (χ0v) is 13.1. The van der Waals surface area contributed by atoms with Crippen molar-refractivity contribution < 1.29 is 14.6 Å². The van der Waals surface area contributed by atoms with Gasteiger partial charge in [0.1, 0.15) is 6.23 Å². The van der Waals surface area contributed by atoms with Crippen LogP contribution in [-0.2, 0) is 9.47 Å². The van der Waals surface area contributed by atoms with Crippen molar-refractivity contribution in [1.29, 1.82) is 0 Å². The normalized spacial score (nSPS) is 40.2. The van der Waals surface area contributed by atoms with Crippen molar-refractivity contribution in [1.82, 2.24) is 10.9 Å². The fourth-order valence-corrected chi connectivity index (χ4v) is 3.78. The van der Waals surface area contributed by atoms with Crippen molar-refractivity contribution >= 4 is 0 Å². The van der Waals surface area contributed by atoms with Crippen LogP contribution in [0.5, 0.6) is 0 Å². The van der Waals surface area contributed by atoms with E-state index < -0.39 is 6.29 Å². The first kappa shape index (κ1) is 16.2. The molecule has 3 N–H and O–H groups in total. The van der Waals surface area contributed by atoms with Gasteiger partial charge >= 0.3 is 0 Å². The minimum atomic E-state index is -0.737. The first-order valence-electron chi connectivity index (χ1n) is 7.90. The summed E-state index contributed by atoms with van der Waals surface area (Å²) in [5, 5.41) is 9.47. The van der Waals surface area contributed by atoms with Gasteiger partial charge in [0, 0.05) is 19.1 Å². The third kappa shape index (κ3) is 3.71. The fourth-order valence-electron chi connectivity index (χ4n) is 3.78. The summed E-state index contributed by atoms with van der Waals surface area (Å²) >= 11 is 0. The number of rotatable bonds is 5. The van der Waals surface area contributed by atoms with Gasteiger partial charge in [0.25, 0.3) is 0 Å². The Balaban J connectivity index is 1.97. The fraction of sp³-hybridized carbons (Fsp3) is 1.00. The summed E-state index contributed by atoms with van der Waals surface area (Å²) in [4.78, 5) is 0. The lowest BCUT2D eigenvalue weighted by molar-refractivity contribution is -0.147. The number of aliphatic hydroxyl groups excluding tert-OH is 1. The second-order valence-corrected chi connectivity index (χ2v) is 6.56. The third-order valence-corrected chi connectivity index (χ3v) is 4.83. The van der Waals surface area contributed by atoms with E-state index in [4.69, 9.17) is 9.47 Å². The van der Waals surface area contributed by atoms with Gasteiger partial charge in [0.15, 0.2) is 6.29 Å². The number of hydrogen-bond donors (Lipinski definition) is 3. The highest BCUT2D eigenvalue weighted by molar-refractivity contribution is 4.94. The van der Waals surface area contributed by atoms with Crippen molar-refractivity contribution in [3.8, 4) is 0 Å². The minimum absolute atomic E-state index is 0.111. The molecular formula is C15H30N2O3. The number of hydrogen-bond acceptors (Lipinski definition) is 5.